The highest BCUT2D eigenvalue weighted by atomic mass is 35.5. The van der Waals surface area contributed by atoms with Gasteiger partial charge in [-0.05, 0) is 18.2 Å². The van der Waals surface area contributed by atoms with Crippen LogP contribution in [0.15, 0.2) is 48.5 Å². The zero-order valence-electron chi connectivity index (χ0n) is 9.64. The molecule has 94 valence electrons. The molecule has 0 aromatic heterocycles. The molecule has 2 nitrogen and oxygen atoms in total. The molecule has 0 amide bonds. The molecule has 0 bridgehead atoms. The third-order valence-electron chi connectivity index (χ3n) is 2.57. The molecule has 0 radical (unpaired) electrons. The maximum atomic E-state index is 6.14. The van der Waals surface area contributed by atoms with Crippen LogP contribution < -0.4 is 10.5 Å². The number of nitrogens with two attached hydrogens (primary N) is 1. The highest BCUT2D eigenvalue weighted by molar-refractivity contribution is 6.32. The third-order valence-corrected chi connectivity index (χ3v) is 3.23. The summed E-state index contributed by atoms with van der Waals surface area (Å²) in [5.74, 6) is 0.606. The normalized spacial score (nSPS) is 12.2. The Morgan fingerprint density at radius 3 is 2.17 bits per heavy atom. The van der Waals surface area contributed by atoms with Crippen molar-refractivity contribution in [1.82, 2.24) is 0 Å². The summed E-state index contributed by atoms with van der Waals surface area (Å²) in [6.45, 7) is 0.328. The molecule has 0 heterocycles. The zero-order valence-corrected chi connectivity index (χ0v) is 11.2. The van der Waals surface area contributed by atoms with Crippen LogP contribution in [-0.2, 0) is 0 Å². The quantitative estimate of drug-likeness (QED) is 0.917. The fourth-order valence-electron chi connectivity index (χ4n) is 1.67. The lowest BCUT2D eigenvalue weighted by molar-refractivity contribution is 0.214. The summed E-state index contributed by atoms with van der Waals surface area (Å²) in [4.78, 5) is 0. The first-order chi connectivity index (χ1) is 8.72. The van der Waals surface area contributed by atoms with Crippen molar-refractivity contribution in [3.8, 4) is 5.75 Å². The summed E-state index contributed by atoms with van der Waals surface area (Å²) in [6, 6.07) is 14.8. The lowest BCUT2D eigenvalue weighted by Gasteiger charge is -2.19. The van der Waals surface area contributed by atoms with Gasteiger partial charge in [0.25, 0.3) is 0 Å². The Kier molecular flexibility index (Phi) is 4.48. The van der Waals surface area contributed by atoms with E-state index in [9.17, 15) is 0 Å². The number of halogens is 2. The second-order valence-corrected chi connectivity index (χ2v) is 4.61. The number of benzene rings is 2. The van der Waals surface area contributed by atoms with Gasteiger partial charge in [-0.15, -0.1) is 0 Å². The second-order valence-electron chi connectivity index (χ2n) is 3.79. The largest absolute Gasteiger partial charge is 0.483 e. The minimum atomic E-state index is -0.307. The van der Waals surface area contributed by atoms with Crippen LogP contribution in [-0.4, -0.2) is 6.54 Å². The van der Waals surface area contributed by atoms with Crippen molar-refractivity contribution in [2.75, 3.05) is 6.54 Å². The molecule has 1 atom stereocenters. The van der Waals surface area contributed by atoms with E-state index in [-0.39, 0.29) is 6.10 Å². The number of hydrogen-bond donors (Lipinski definition) is 1. The highest BCUT2D eigenvalue weighted by Gasteiger charge is 2.15. The molecule has 0 saturated heterocycles. The Bertz CT molecular complexity index is 531. The van der Waals surface area contributed by atoms with E-state index in [0.29, 0.717) is 22.3 Å². The van der Waals surface area contributed by atoms with Crippen molar-refractivity contribution in [2.24, 2.45) is 5.73 Å². The Morgan fingerprint density at radius 1 is 0.944 bits per heavy atom. The van der Waals surface area contributed by atoms with Gasteiger partial charge in [0.15, 0.2) is 0 Å². The topological polar surface area (TPSA) is 35.2 Å². The third kappa shape index (κ3) is 2.96. The first-order valence-electron chi connectivity index (χ1n) is 5.58. The monoisotopic (exact) mass is 281 g/mol. The van der Waals surface area contributed by atoms with Crippen LogP contribution in [0.5, 0.6) is 5.75 Å². The van der Waals surface area contributed by atoms with Gasteiger partial charge in [-0.25, -0.2) is 0 Å². The van der Waals surface area contributed by atoms with Gasteiger partial charge in [-0.3, -0.25) is 0 Å². The SMILES string of the molecule is NCC(Oc1ccccc1Cl)c1ccccc1Cl. The van der Waals surface area contributed by atoms with Crippen LogP contribution in [0.4, 0.5) is 0 Å². The lowest BCUT2D eigenvalue weighted by Crippen LogP contribution is -2.19. The molecule has 2 rings (SSSR count). The van der Waals surface area contributed by atoms with Crippen LogP contribution in [0.25, 0.3) is 0 Å². The van der Waals surface area contributed by atoms with Crippen molar-refractivity contribution >= 4 is 23.2 Å². The molecule has 2 N–H and O–H groups in total. The Labute approximate surface area is 116 Å². The molecule has 1 unspecified atom stereocenters. The molecule has 0 saturated carbocycles. The summed E-state index contributed by atoms with van der Waals surface area (Å²) in [5.41, 5.74) is 6.61. The first kappa shape index (κ1) is 13.2. The van der Waals surface area contributed by atoms with Crippen LogP contribution in [0.2, 0.25) is 10.0 Å². The molecule has 0 aliphatic rings. The first-order valence-corrected chi connectivity index (χ1v) is 6.33. The van der Waals surface area contributed by atoms with E-state index in [0.717, 1.165) is 5.56 Å². The summed E-state index contributed by atoms with van der Waals surface area (Å²) >= 11 is 12.2. The van der Waals surface area contributed by atoms with E-state index in [4.69, 9.17) is 33.7 Å². The van der Waals surface area contributed by atoms with E-state index in [1.807, 2.05) is 42.5 Å². The molecular weight excluding hydrogens is 269 g/mol. The summed E-state index contributed by atoms with van der Waals surface area (Å²) in [7, 11) is 0. The Hall–Kier alpha value is -1.22. The fourth-order valence-corrected chi connectivity index (χ4v) is 2.11. The number of para-hydroxylation sites is 1. The Morgan fingerprint density at radius 2 is 1.56 bits per heavy atom. The molecule has 0 aliphatic heterocycles. The minimum Gasteiger partial charge on any atom is -0.483 e. The van der Waals surface area contributed by atoms with Gasteiger partial charge < -0.3 is 10.5 Å². The molecule has 18 heavy (non-hydrogen) atoms. The van der Waals surface area contributed by atoms with Crippen molar-refractivity contribution in [3.05, 3.63) is 64.1 Å². The lowest BCUT2D eigenvalue weighted by atomic mass is 10.1. The fraction of sp³-hybridized carbons (Fsp3) is 0.143. The standard InChI is InChI=1S/C14H13Cl2NO/c15-11-6-2-1-5-10(11)14(9-17)18-13-8-4-3-7-12(13)16/h1-8,14H,9,17H2. The molecule has 2 aromatic carbocycles. The van der Waals surface area contributed by atoms with E-state index in [1.165, 1.54) is 0 Å². The van der Waals surface area contributed by atoms with Gasteiger partial charge in [0, 0.05) is 17.1 Å². The average molecular weight is 282 g/mol. The number of ether oxygens (including phenoxy) is 1. The van der Waals surface area contributed by atoms with Crippen molar-refractivity contribution in [3.63, 3.8) is 0 Å². The molecule has 0 spiro atoms. The minimum absolute atomic E-state index is 0.307. The zero-order chi connectivity index (χ0) is 13.0. The summed E-state index contributed by atoms with van der Waals surface area (Å²) in [6.07, 6.45) is -0.307. The van der Waals surface area contributed by atoms with Crippen LogP contribution >= 0.6 is 23.2 Å². The predicted octanol–water partition coefficient (Wildman–Crippen LogP) is 4.07. The highest BCUT2D eigenvalue weighted by Crippen LogP contribution is 2.30. The Balaban J connectivity index is 2.26. The molecule has 0 fully saturated rings. The van der Waals surface area contributed by atoms with Gasteiger partial charge in [-0.1, -0.05) is 53.5 Å². The van der Waals surface area contributed by atoms with E-state index < -0.39 is 0 Å². The summed E-state index contributed by atoms with van der Waals surface area (Å²) < 4.78 is 5.82. The maximum Gasteiger partial charge on any atom is 0.138 e. The molecule has 4 heteroatoms. The van der Waals surface area contributed by atoms with Crippen molar-refractivity contribution in [2.45, 2.75) is 6.10 Å². The van der Waals surface area contributed by atoms with Crippen LogP contribution in [0.3, 0.4) is 0 Å². The van der Waals surface area contributed by atoms with Gasteiger partial charge in [-0.2, -0.15) is 0 Å². The van der Waals surface area contributed by atoms with Gasteiger partial charge in [0.05, 0.1) is 5.02 Å². The van der Waals surface area contributed by atoms with Gasteiger partial charge in [0.1, 0.15) is 11.9 Å². The van der Waals surface area contributed by atoms with Crippen LogP contribution in [0.1, 0.15) is 11.7 Å². The molecular formula is C14H13Cl2NO. The number of rotatable bonds is 4. The van der Waals surface area contributed by atoms with Crippen molar-refractivity contribution < 1.29 is 4.74 Å². The van der Waals surface area contributed by atoms with Crippen molar-refractivity contribution in [1.29, 1.82) is 0 Å². The van der Waals surface area contributed by atoms with Gasteiger partial charge >= 0.3 is 0 Å². The predicted molar refractivity (Wildman–Crippen MR) is 75.3 cm³/mol. The molecule has 0 aliphatic carbocycles. The van der Waals surface area contributed by atoms with E-state index >= 15 is 0 Å². The van der Waals surface area contributed by atoms with Crippen LogP contribution in [0, 0.1) is 0 Å². The van der Waals surface area contributed by atoms with Gasteiger partial charge in [0.2, 0.25) is 0 Å². The maximum absolute atomic E-state index is 6.14. The second kappa shape index (κ2) is 6.10. The smallest absolute Gasteiger partial charge is 0.138 e. The number of hydrogen-bond acceptors (Lipinski definition) is 2. The molecule has 2 aromatic rings. The summed E-state index contributed by atoms with van der Waals surface area (Å²) in [5, 5.41) is 1.20. The van der Waals surface area contributed by atoms with E-state index in [2.05, 4.69) is 0 Å². The van der Waals surface area contributed by atoms with E-state index in [1.54, 1.807) is 6.07 Å². The average Bonchev–Trinajstić information content (AvgIpc) is 2.39.